The molecule has 1 aromatic heterocycles. The van der Waals surface area contributed by atoms with Gasteiger partial charge in [0.15, 0.2) is 0 Å². The van der Waals surface area contributed by atoms with Gasteiger partial charge in [0.2, 0.25) is 17.5 Å². The van der Waals surface area contributed by atoms with Crippen LogP contribution in [0.15, 0.2) is 15.8 Å². The minimum atomic E-state index is -0.927. The Morgan fingerprint density at radius 3 is 2.30 bits per heavy atom. The summed E-state index contributed by atoms with van der Waals surface area (Å²) < 4.78 is 7.15. The second-order valence-electron chi connectivity index (χ2n) is 13.1. The van der Waals surface area contributed by atoms with Crippen LogP contribution in [-0.2, 0) is 29.1 Å². The Bertz CT molecular complexity index is 1210. The summed E-state index contributed by atoms with van der Waals surface area (Å²) in [4.78, 5) is 63.5. The standard InChI is InChI=1S/C28H39N3O9/c1-15-13-31(26(35)30-25(15)34)24-12-21(22(14-32)36-24)29-23(33)11-16-2-4-27(5-3-16)37-39-28(40-38-27)19-7-17-6-18(9-19)10-20(28)8-17/h13,16-22,24,32H,2-12,14H2,1H3,(H,29,33)(H,30,34,35)/t16?,17?,18?,19?,20?,21-,22+,24+,27?,28?/m0/s1. The fourth-order valence-electron chi connectivity index (χ4n) is 8.46. The third kappa shape index (κ3) is 4.57. The van der Waals surface area contributed by atoms with Gasteiger partial charge in [0.1, 0.15) is 12.3 Å². The Labute approximate surface area is 231 Å². The number of nitrogens with zero attached hydrogens (tertiary/aromatic N) is 1. The quantitative estimate of drug-likeness (QED) is 0.458. The molecule has 5 saturated carbocycles. The van der Waals surface area contributed by atoms with Crippen LogP contribution in [-0.4, -0.2) is 50.9 Å². The van der Waals surface area contributed by atoms with Crippen LogP contribution in [0, 0.1) is 36.5 Å². The van der Waals surface area contributed by atoms with E-state index in [9.17, 15) is 19.5 Å². The largest absolute Gasteiger partial charge is 0.394 e. The van der Waals surface area contributed by atoms with Gasteiger partial charge in [-0.3, -0.25) is 19.1 Å². The summed E-state index contributed by atoms with van der Waals surface area (Å²) in [5.41, 5.74) is -0.664. The van der Waals surface area contributed by atoms with Gasteiger partial charge in [-0.1, -0.05) is 0 Å². The first-order valence-corrected chi connectivity index (χ1v) is 14.9. The lowest BCUT2D eigenvalue weighted by Gasteiger charge is -2.60. The van der Waals surface area contributed by atoms with E-state index in [2.05, 4.69) is 10.3 Å². The number of aliphatic hydroxyl groups is 1. The molecule has 12 nitrogen and oxygen atoms in total. The number of hydrogen-bond acceptors (Lipinski definition) is 9. The van der Waals surface area contributed by atoms with Crippen molar-refractivity contribution >= 4 is 5.91 Å². The summed E-state index contributed by atoms with van der Waals surface area (Å²) >= 11 is 0. The smallest absolute Gasteiger partial charge is 0.330 e. The van der Waals surface area contributed by atoms with Crippen molar-refractivity contribution in [3.05, 3.63) is 32.6 Å². The zero-order valence-electron chi connectivity index (χ0n) is 22.8. The maximum absolute atomic E-state index is 13.0. The summed E-state index contributed by atoms with van der Waals surface area (Å²) in [5.74, 6) is 0.535. The summed E-state index contributed by atoms with van der Waals surface area (Å²) in [5, 5.41) is 12.8. The highest BCUT2D eigenvalue weighted by Crippen LogP contribution is 2.62. The van der Waals surface area contributed by atoms with Gasteiger partial charge in [-0.15, -0.1) is 0 Å². The Morgan fingerprint density at radius 2 is 1.68 bits per heavy atom. The number of ether oxygens (including phenoxy) is 1. The van der Waals surface area contributed by atoms with Crippen LogP contribution >= 0.6 is 0 Å². The molecule has 3 heterocycles. The van der Waals surface area contributed by atoms with Crippen molar-refractivity contribution in [1.29, 1.82) is 0 Å². The number of carbonyl (C=O) groups is 1. The molecular weight excluding hydrogens is 522 g/mol. The Hall–Kier alpha value is -2.09. The van der Waals surface area contributed by atoms with Crippen LogP contribution in [0.5, 0.6) is 0 Å². The van der Waals surface area contributed by atoms with E-state index in [0.29, 0.717) is 43.1 Å². The molecule has 7 fully saturated rings. The van der Waals surface area contributed by atoms with Crippen LogP contribution in [0.25, 0.3) is 0 Å². The number of rotatable bonds is 5. The Kier molecular flexibility index (Phi) is 6.71. The van der Waals surface area contributed by atoms with Gasteiger partial charge in [0, 0.05) is 49.3 Å². The number of aryl methyl sites for hydroxylation is 1. The van der Waals surface area contributed by atoms with Crippen molar-refractivity contribution in [3.8, 4) is 0 Å². The van der Waals surface area contributed by atoms with E-state index < -0.39 is 41.2 Å². The minimum Gasteiger partial charge on any atom is -0.394 e. The lowest BCUT2D eigenvalue weighted by Crippen LogP contribution is -2.64. The van der Waals surface area contributed by atoms with Gasteiger partial charge < -0.3 is 15.2 Å². The molecule has 1 aromatic rings. The summed E-state index contributed by atoms with van der Waals surface area (Å²) in [6, 6.07) is -0.458. The molecule has 2 aliphatic heterocycles. The van der Waals surface area contributed by atoms with E-state index in [1.807, 2.05) is 0 Å². The van der Waals surface area contributed by atoms with Crippen LogP contribution in [0.3, 0.4) is 0 Å². The molecule has 220 valence electrons. The second kappa shape index (κ2) is 10.0. The number of hydrogen-bond donors (Lipinski definition) is 3. The van der Waals surface area contributed by atoms with Crippen LogP contribution in [0.4, 0.5) is 0 Å². The second-order valence-corrected chi connectivity index (χ2v) is 13.1. The first kappa shape index (κ1) is 26.8. The number of amides is 1. The molecule has 1 amide bonds. The molecular formula is C28H39N3O9. The van der Waals surface area contributed by atoms with Gasteiger partial charge in [0.25, 0.3) is 5.56 Å². The average Bonchev–Trinajstić information content (AvgIpc) is 3.33. The van der Waals surface area contributed by atoms with Gasteiger partial charge >= 0.3 is 5.69 Å². The van der Waals surface area contributed by atoms with Crippen molar-refractivity contribution in [2.45, 2.75) is 108 Å². The zero-order chi connectivity index (χ0) is 27.6. The Morgan fingerprint density at radius 1 is 1.02 bits per heavy atom. The van der Waals surface area contributed by atoms with Crippen LogP contribution < -0.4 is 16.6 Å². The Balaban J connectivity index is 0.910. The van der Waals surface area contributed by atoms with E-state index in [0.717, 1.165) is 50.4 Å². The maximum Gasteiger partial charge on any atom is 0.330 e. The number of aromatic nitrogens is 2. The fourth-order valence-corrected chi connectivity index (χ4v) is 8.46. The molecule has 3 N–H and O–H groups in total. The summed E-state index contributed by atoms with van der Waals surface area (Å²) in [6.45, 7) is 1.30. The topological polar surface area (TPSA) is 150 Å². The number of aliphatic hydroxyl groups excluding tert-OH is 1. The van der Waals surface area contributed by atoms with Gasteiger partial charge in [0.05, 0.1) is 12.6 Å². The summed E-state index contributed by atoms with van der Waals surface area (Å²) in [6.07, 6.45) is 9.14. The molecule has 0 radical (unpaired) electrons. The van der Waals surface area contributed by atoms with Crippen LogP contribution in [0.2, 0.25) is 0 Å². The van der Waals surface area contributed by atoms with E-state index in [4.69, 9.17) is 24.3 Å². The number of aromatic amines is 1. The van der Waals surface area contributed by atoms with Crippen molar-refractivity contribution in [2.24, 2.45) is 29.6 Å². The molecule has 3 atom stereocenters. The van der Waals surface area contributed by atoms with Gasteiger partial charge in [-0.2, -0.15) is 19.6 Å². The average molecular weight is 562 g/mol. The van der Waals surface area contributed by atoms with Crippen LogP contribution in [0.1, 0.15) is 82.4 Å². The van der Waals surface area contributed by atoms with Crippen molar-refractivity contribution in [3.63, 3.8) is 0 Å². The molecule has 7 aliphatic rings. The fraction of sp³-hybridized carbons (Fsp3) is 0.821. The van der Waals surface area contributed by atoms with Gasteiger partial charge in [-0.25, -0.2) is 4.79 Å². The SMILES string of the molecule is Cc1cn([C@H]2C[C@H](NC(=O)CC3CCC4(CC3)OOC3(OO4)C4CC5CC(C4)CC3C5)[C@@H](CO)O2)c(=O)[nH]c1=O. The molecule has 2 spiro atoms. The van der Waals surface area contributed by atoms with E-state index in [-0.39, 0.29) is 18.4 Å². The molecule has 0 aromatic carbocycles. The zero-order valence-corrected chi connectivity index (χ0v) is 22.8. The molecule has 40 heavy (non-hydrogen) atoms. The normalized spacial score (nSPS) is 44.0. The molecule has 0 unspecified atom stereocenters. The van der Waals surface area contributed by atoms with E-state index in [1.54, 1.807) is 6.92 Å². The highest BCUT2D eigenvalue weighted by molar-refractivity contribution is 5.76. The van der Waals surface area contributed by atoms with E-state index in [1.165, 1.54) is 17.2 Å². The lowest BCUT2D eigenvalue weighted by atomic mass is 9.53. The lowest BCUT2D eigenvalue weighted by molar-refractivity contribution is -0.680. The van der Waals surface area contributed by atoms with Crippen molar-refractivity contribution in [1.82, 2.24) is 14.9 Å². The predicted molar refractivity (Wildman–Crippen MR) is 137 cm³/mol. The maximum atomic E-state index is 13.0. The number of carbonyl (C=O) groups excluding carboxylic acids is 1. The monoisotopic (exact) mass is 561 g/mol. The third-order valence-corrected chi connectivity index (χ3v) is 10.5. The molecule has 2 saturated heterocycles. The highest BCUT2D eigenvalue weighted by Gasteiger charge is 2.64. The van der Waals surface area contributed by atoms with Crippen molar-refractivity contribution < 1.29 is 34.2 Å². The molecule has 5 aliphatic carbocycles. The first-order valence-electron chi connectivity index (χ1n) is 14.9. The van der Waals surface area contributed by atoms with Crippen molar-refractivity contribution in [2.75, 3.05) is 6.61 Å². The number of nitrogens with one attached hydrogen (secondary N) is 2. The summed E-state index contributed by atoms with van der Waals surface area (Å²) in [7, 11) is 0. The number of H-pyrrole nitrogens is 1. The third-order valence-electron chi connectivity index (χ3n) is 10.5. The van der Waals surface area contributed by atoms with Gasteiger partial charge in [-0.05, 0) is 69.6 Å². The van der Waals surface area contributed by atoms with E-state index >= 15 is 0 Å². The predicted octanol–water partition coefficient (Wildman–Crippen LogP) is 1.95. The first-order chi connectivity index (χ1) is 19.3. The highest BCUT2D eigenvalue weighted by atomic mass is 17.4. The molecule has 8 rings (SSSR count). The molecule has 12 heteroatoms. The molecule has 4 bridgehead atoms. The minimum absolute atomic E-state index is 0.135.